The Bertz CT molecular complexity index is 303. The van der Waals surface area contributed by atoms with Crippen molar-refractivity contribution in [2.24, 2.45) is 5.92 Å². The van der Waals surface area contributed by atoms with Crippen molar-refractivity contribution in [2.75, 3.05) is 27.2 Å². The molecule has 0 aromatic rings. The van der Waals surface area contributed by atoms with E-state index in [0.29, 0.717) is 0 Å². The van der Waals surface area contributed by atoms with E-state index in [1.807, 2.05) is 6.92 Å². The Kier molecular flexibility index (Phi) is 6.96. The molecule has 0 aliphatic heterocycles. The molecule has 1 unspecified atom stereocenters. The monoisotopic (exact) mass is 284 g/mol. The average Bonchev–Trinajstić information content (AvgIpc) is 2.31. The topological polar surface area (TPSA) is 41.6 Å². The largest absolute Gasteiger partial charge is 0.468 e. The van der Waals surface area contributed by atoms with E-state index in [9.17, 15) is 4.79 Å². The Morgan fingerprint density at radius 2 is 2.10 bits per heavy atom. The summed E-state index contributed by atoms with van der Waals surface area (Å²) in [5.74, 6) is 0.744. The summed E-state index contributed by atoms with van der Waals surface area (Å²) in [5, 5.41) is 3.35. The van der Waals surface area contributed by atoms with E-state index < -0.39 is 5.54 Å². The minimum Gasteiger partial charge on any atom is -0.468 e. The molecule has 0 aromatic heterocycles. The Morgan fingerprint density at radius 1 is 1.45 bits per heavy atom. The van der Waals surface area contributed by atoms with E-state index >= 15 is 0 Å². The number of carbonyl (C=O) groups excluding carboxylic acids is 1. The summed E-state index contributed by atoms with van der Waals surface area (Å²) in [4.78, 5) is 14.4. The lowest BCUT2D eigenvalue weighted by Crippen LogP contribution is -2.53. The quantitative estimate of drug-likeness (QED) is 0.660. The number of esters is 1. The molecule has 1 saturated carbocycles. The van der Waals surface area contributed by atoms with Crippen LogP contribution >= 0.6 is 0 Å². The summed E-state index contributed by atoms with van der Waals surface area (Å²) in [6, 6.07) is 0.270. The molecule has 0 aromatic carbocycles. The molecule has 1 rings (SSSR count). The first-order valence-electron chi connectivity index (χ1n) is 7.92. The summed E-state index contributed by atoms with van der Waals surface area (Å²) in [5.41, 5.74) is -0.569. The minimum absolute atomic E-state index is 0.159. The first kappa shape index (κ1) is 17.4. The highest BCUT2D eigenvalue weighted by Gasteiger charge is 2.34. The van der Waals surface area contributed by atoms with Gasteiger partial charge in [0, 0.05) is 12.6 Å². The van der Waals surface area contributed by atoms with Crippen LogP contribution in [0.2, 0.25) is 0 Å². The maximum Gasteiger partial charge on any atom is 0.325 e. The lowest BCUT2D eigenvalue weighted by atomic mass is 9.85. The predicted molar refractivity (Wildman–Crippen MR) is 82.8 cm³/mol. The zero-order chi connectivity index (χ0) is 15.2. The molecule has 1 aliphatic carbocycles. The highest BCUT2D eigenvalue weighted by Crippen LogP contribution is 2.27. The van der Waals surface area contributed by atoms with Gasteiger partial charge in [-0.05, 0) is 66.0 Å². The van der Waals surface area contributed by atoms with Gasteiger partial charge in [-0.1, -0.05) is 6.42 Å². The number of methoxy groups -OCH3 is 1. The molecule has 1 aliphatic rings. The fourth-order valence-electron chi connectivity index (χ4n) is 3.01. The van der Waals surface area contributed by atoms with Crippen molar-refractivity contribution in [3.8, 4) is 0 Å². The molecule has 1 atom stereocenters. The molecule has 0 radical (unpaired) electrons. The lowest BCUT2D eigenvalue weighted by molar-refractivity contribution is -0.148. The van der Waals surface area contributed by atoms with Crippen LogP contribution in [0.15, 0.2) is 0 Å². The fourth-order valence-corrected chi connectivity index (χ4v) is 3.01. The van der Waals surface area contributed by atoms with E-state index in [1.54, 1.807) is 0 Å². The molecule has 118 valence electrons. The summed E-state index contributed by atoms with van der Waals surface area (Å²) >= 11 is 0. The van der Waals surface area contributed by atoms with E-state index in [-0.39, 0.29) is 12.0 Å². The van der Waals surface area contributed by atoms with Crippen molar-refractivity contribution in [1.82, 2.24) is 10.2 Å². The van der Waals surface area contributed by atoms with Crippen molar-refractivity contribution >= 4 is 5.97 Å². The molecule has 0 spiro atoms. The van der Waals surface area contributed by atoms with Crippen LogP contribution in [0.4, 0.5) is 0 Å². The van der Waals surface area contributed by atoms with Gasteiger partial charge in [0.25, 0.3) is 0 Å². The summed E-state index contributed by atoms with van der Waals surface area (Å²) in [6.07, 6.45) is 6.00. The lowest BCUT2D eigenvalue weighted by Gasteiger charge is -2.32. The molecule has 0 amide bonds. The van der Waals surface area contributed by atoms with E-state index in [4.69, 9.17) is 4.74 Å². The standard InChI is InChI=1S/C16H32N2O2/c1-13(2)17-16(3,15(19)20-5)10-7-11-18(4)12-14-8-6-9-14/h13-14,17H,6-12H2,1-5H3. The second-order valence-corrected chi connectivity index (χ2v) is 6.79. The van der Waals surface area contributed by atoms with Gasteiger partial charge in [-0.25, -0.2) is 0 Å². The van der Waals surface area contributed by atoms with Gasteiger partial charge in [0.1, 0.15) is 5.54 Å². The summed E-state index contributed by atoms with van der Waals surface area (Å²) in [7, 11) is 3.65. The Balaban J connectivity index is 2.35. The van der Waals surface area contributed by atoms with Crippen LogP contribution in [0.25, 0.3) is 0 Å². The van der Waals surface area contributed by atoms with Gasteiger partial charge in [-0.2, -0.15) is 0 Å². The molecular formula is C16H32N2O2. The van der Waals surface area contributed by atoms with Gasteiger partial charge in [0.05, 0.1) is 7.11 Å². The van der Waals surface area contributed by atoms with Crippen molar-refractivity contribution in [2.45, 2.75) is 64.5 Å². The maximum atomic E-state index is 12.0. The van der Waals surface area contributed by atoms with Gasteiger partial charge >= 0.3 is 5.97 Å². The number of rotatable bonds is 9. The number of carbonyl (C=O) groups is 1. The Hall–Kier alpha value is -0.610. The van der Waals surface area contributed by atoms with Gasteiger partial charge < -0.3 is 9.64 Å². The minimum atomic E-state index is -0.569. The molecule has 0 saturated heterocycles. The van der Waals surface area contributed by atoms with Crippen LogP contribution in [0.3, 0.4) is 0 Å². The summed E-state index contributed by atoms with van der Waals surface area (Å²) in [6.45, 7) is 8.31. The third-order valence-corrected chi connectivity index (χ3v) is 4.25. The normalized spacial score (nSPS) is 18.9. The van der Waals surface area contributed by atoms with Crippen molar-refractivity contribution in [3.63, 3.8) is 0 Å². The average molecular weight is 284 g/mol. The number of nitrogens with one attached hydrogen (secondary N) is 1. The number of nitrogens with zero attached hydrogens (tertiary/aromatic N) is 1. The third kappa shape index (κ3) is 5.41. The molecule has 0 bridgehead atoms. The van der Waals surface area contributed by atoms with Crippen molar-refractivity contribution in [3.05, 3.63) is 0 Å². The third-order valence-electron chi connectivity index (χ3n) is 4.25. The zero-order valence-corrected chi connectivity index (χ0v) is 13.9. The van der Waals surface area contributed by atoms with Crippen LogP contribution in [0.5, 0.6) is 0 Å². The van der Waals surface area contributed by atoms with Crippen LogP contribution < -0.4 is 5.32 Å². The molecule has 20 heavy (non-hydrogen) atoms. The molecule has 0 heterocycles. The molecule has 1 N–H and O–H groups in total. The number of hydrogen-bond acceptors (Lipinski definition) is 4. The highest BCUT2D eigenvalue weighted by atomic mass is 16.5. The second kappa shape index (κ2) is 7.99. The van der Waals surface area contributed by atoms with Crippen LogP contribution in [0, 0.1) is 5.92 Å². The SMILES string of the molecule is COC(=O)C(C)(CCCN(C)CC1CCC1)NC(C)C. The fraction of sp³-hybridized carbons (Fsp3) is 0.938. The Morgan fingerprint density at radius 3 is 2.55 bits per heavy atom. The van der Waals surface area contributed by atoms with E-state index in [2.05, 4.69) is 31.1 Å². The molecule has 4 heteroatoms. The zero-order valence-electron chi connectivity index (χ0n) is 13.9. The molecule has 1 fully saturated rings. The molecule has 4 nitrogen and oxygen atoms in total. The van der Waals surface area contributed by atoms with Crippen molar-refractivity contribution in [1.29, 1.82) is 0 Å². The first-order valence-corrected chi connectivity index (χ1v) is 7.92. The number of ether oxygens (including phenoxy) is 1. The second-order valence-electron chi connectivity index (χ2n) is 6.79. The van der Waals surface area contributed by atoms with Gasteiger partial charge in [-0.3, -0.25) is 10.1 Å². The highest BCUT2D eigenvalue weighted by molar-refractivity contribution is 5.80. The van der Waals surface area contributed by atoms with Crippen LogP contribution in [0.1, 0.15) is 52.9 Å². The van der Waals surface area contributed by atoms with E-state index in [0.717, 1.165) is 25.3 Å². The van der Waals surface area contributed by atoms with Gasteiger partial charge in [0.2, 0.25) is 0 Å². The first-order chi connectivity index (χ1) is 9.37. The van der Waals surface area contributed by atoms with Crippen LogP contribution in [-0.2, 0) is 9.53 Å². The van der Waals surface area contributed by atoms with Crippen LogP contribution in [-0.4, -0.2) is 49.7 Å². The van der Waals surface area contributed by atoms with Gasteiger partial charge in [0.15, 0.2) is 0 Å². The van der Waals surface area contributed by atoms with Crippen molar-refractivity contribution < 1.29 is 9.53 Å². The smallest absolute Gasteiger partial charge is 0.325 e. The maximum absolute atomic E-state index is 12.0. The van der Waals surface area contributed by atoms with Gasteiger partial charge in [-0.15, -0.1) is 0 Å². The Labute approximate surface area is 124 Å². The molecular weight excluding hydrogens is 252 g/mol. The summed E-state index contributed by atoms with van der Waals surface area (Å²) < 4.78 is 4.95. The van der Waals surface area contributed by atoms with E-state index in [1.165, 1.54) is 32.9 Å². The number of hydrogen-bond donors (Lipinski definition) is 1. The predicted octanol–water partition coefficient (Wildman–Crippen LogP) is 2.43.